The molecule has 0 atom stereocenters. The van der Waals surface area contributed by atoms with Crippen LogP contribution in [0.15, 0.2) is 0 Å². The summed E-state index contributed by atoms with van der Waals surface area (Å²) in [7, 11) is 0. The quantitative estimate of drug-likeness (QED) is 0.503. The third-order valence-electron chi connectivity index (χ3n) is 2.83. The molecule has 5 heteroatoms. The first-order chi connectivity index (χ1) is 7.18. The van der Waals surface area contributed by atoms with Gasteiger partial charge in [0, 0.05) is 6.42 Å². The summed E-state index contributed by atoms with van der Waals surface area (Å²) in [5.74, 6) is 0.697. The van der Waals surface area contributed by atoms with Gasteiger partial charge in [-0.3, -0.25) is 15.6 Å². The second-order valence-corrected chi connectivity index (χ2v) is 4.52. The van der Waals surface area contributed by atoms with Crippen LogP contribution in [0.3, 0.4) is 0 Å². The second-order valence-electron chi connectivity index (χ2n) is 4.08. The number of carbonyl (C=O) groups excluding carboxylic acids is 1. The lowest BCUT2D eigenvalue weighted by Gasteiger charge is -2.20. The van der Waals surface area contributed by atoms with Crippen LogP contribution in [-0.4, -0.2) is 11.0 Å². The Kier molecular flexibility index (Phi) is 5.39. The van der Waals surface area contributed by atoms with Crippen LogP contribution in [0.1, 0.15) is 44.9 Å². The Bertz CT molecular complexity index is 227. The van der Waals surface area contributed by atoms with Crippen molar-refractivity contribution < 1.29 is 4.79 Å². The number of amides is 1. The lowest BCUT2D eigenvalue weighted by molar-refractivity contribution is -0.122. The number of thiocarbonyl (C=S) groups is 1. The molecule has 1 aliphatic carbocycles. The minimum atomic E-state index is -0.0339. The van der Waals surface area contributed by atoms with Crippen molar-refractivity contribution in [3.8, 4) is 0 Å². The molecule has 0 saturated heterocycles. The molecular formula is C10H19N3OS. The van der Waals surface area contributed by atoms with Gasteiger partial charge in [0.2, 0.25) is 5.91 Å². The number of hydrazine groups is 1. The zero-order valence-corrected chi connectivity index (χ0v) is 9.74. The van der Waals surface area contributed by atoms with E-state index in [1.807, 2.05) is 0 Å². The molecule has 86 valence electrons. The minimum absolute atomic E-state index is 0.0339. The Balaban J connectivity index is 2.07. The molecule has 0 aromatic carbocycles. The topological polar surface area (TPSA) is 67.2 Å². The molecule has 0 aromatic rings. The molecule has 4 nitrogen and oxygen atoms in total. The Hall–Kier alpha value is -0.840. The van der Waals surface area contributed by atoms with E-state index in [1.54, 1.807) is 0 Å². The molecule has 1 amide bonds. The van der Waals surface area contributed by atoms with E-state index in [0.717, 1.165) is 12.3 Å². The molecule has 1 aliphatic rings. The van der Waals surface area contributed by atoms with E-state index in [1.165, 1.54) is 32.1 Å². The number of carbonyl (C=O) groups is 1. The van der Waals surface area contributed by atoms with E-state index < -0.39 is 0 Å². The van der Waals surface area contributed by atoms with Gasteiger partial charge < -0.3 is 5.73 Å². The van der Waals surface area contributed by atoms with Crippen molar-refractivity contribution in [2.45, 2.75) is 44.9 Å². The molecule has 0 spiro atoms. The molecular weight excluding hydrogens is 210 g/mol. The Labute approximate surface area is 95.9 Å². The van der Waals surface area contributed by atoms with Crippen molar-refractivity contribution in [3.63, 3.8) is 0 Å². The van der Waals surface area contributed by atoms with Crippen molar-refractivity contribution in [1.82, 2.24) is 10.9 Å². The van der Waals surface area contributed by atoms with Crippen LogP contribution >= 0.6 is 12.2 Å². The number of nitrogens with one attached hydrogen (secondary N) is 2. The predicted molar refractivity (Wildman–Crippen MR) is 63.9 cm³/mol. The van der Waals surface area contributed by atoms with Gasteiger partial charge in [-0.05, 0) is 24.6 Å². The maximum atomic E-state index is 11.3. The van der Waals surface area contributed by atoms with Gasteiger partial charge in [0.25, 0.3) is 0 Å². The highest BCUT2D eigenvalue weighted by atomic mass is 32.1. The Morgan fingerprint density at radius 3 is 2.53 bits per heavy atom. The van der Waals surface area contributed by atoms with E-state index >= 15 is 0 Å². The van der Waals surface area contributed by atoms with Crippen LogP contribution in [0.4, 0.5) is 0 Å². The average molecular weight is 229 g/mol. The Morgan fingerprint density at radius 2 is 1.93 bits per heavy atom. The number of hydrogen-bond donors (Lipinski definition) is 3. The first-order valence-corrected chi connectivity index (χ1v) is 5.93. The maximum Gasteiger partial charge on any atom is 0.238 e. The van der Waals surface area contributed by atoms with Crippen molar-refractivity contribution in [1.29, 1.82) is 0 Å². The van der Waals surface area contributed by atoms with Gasteiger partial charge in [-0.15, -0.1) is 0 Å². The summed E-state index contributed by atoms with van der Waals surface area (Å²) >= 11 is 4.58. The van der Waals surface area contributed by atoms with Gasteiger partial charge in [0.15, 0.2) is 5.11 Å². The van der Waals surface area contributed by atoms with Crippen molar-refractivity contribution in [3.05, 3.63) is 0 Å². The highest BCUT2D eigenvalue weighted by Crippen LogP contribution is 2.26. The fourth-order valence-electron chi connectivity index (χ4n) is 2.00. The largest absolute Gasteiger partial charge is 0.375 e. The molecule has 1 saturated carbocycles. The molecule has 0 bridgehead atoms. The summed E-state index contributed by atoms with van der Waals surface area (Å²) in [6.45, 7) is 0. The van der Waals surface area contributed by atoms with Gasteiger partial charge in [0.1, 0.15) is 0 Å². The summed E-state index contributed by atoms with van der Waals surface area (Å²) < 4.78 is 0. The molecule has 0 radical (unpaired) electrons. The number of nitrogens with two attached hydrogens (primary N) is 1. The van der Waals surface area contributed by atoms with E-state index in [9.17, 15) is 4.79 Å². The molecule has 0 unspecified atom stereocenters. The van der Waals surface area contributed by atoms with Crippen LogP contribution in [0.25, 0.3) is 0 Å². The third-order valence-corrected chi connectivity index (χ3v) is 2.93. The SMILES string of the molecule is NC(=S)NNC(=O)CCC1CCCCC1. The molecule has 1 rings (SSSR count). The highest BCUT2D eigenvalue weighted by Gasteiger charge is 2.14. The summed E-state index contributed by atoms with van der Waals surface area (Å²) in [5.41, 5.74) is 10.1. The molecule has 1 fully saturated rings. The average Bonchev–Trinajstić information content (AvgIpc) is 2.25. The van der Waals surface area contributed by atoms with E-state index in [-0.39, 0.29) is 11.0 Å². The second kappa shape index (κ2) is 6.61. The summed E-state index contributed by atoms with van der Waals surface area (Å²) in [6.07, 6.45) is 8.07. The van der Waals surface area contributed by atoms with Crippen LogP contribution in [0.5, 0.6) is 0 Å². The first-order valence-electron chi connectivity index (χ1n) is 5.53. The summed E-state index contributed by atoms with van der Waals surface area (Å²) in [5, 5.41) is 0.0982. The molecule has 4 N–H and O–H groups in total. The lowest BCUT2D eigenvalue weighted by Crippen LogP contribution is -2.44. The minimum Gasteiger partial charge on any atom is -0.375 e. The van der Waals surface area contributed by atoms with Gasteiger partial charge in [0.05, 0.1) is 0 Å². The van der Waals surface area contributed by atoms with Crippen molar-refractivity contribution in [2.24, 2.45) is 11.7 Å². The molecule has 0 aliphatic heterocycles. The third kappa shape index (κ3) is 5.57. The van der Waals surface area contributed by atoms with Gasteiger partial charge in [-0.1, -0.05) is 32.1 Å². The summed E-state index contributed by atoms with van der Waals surface area (Å²) in [6, 6.07) is 0. The first kappa shape index (κ1) is 12.2. The van der Waals surface area contributed by atoms with E-state index in [4.69, 9.17) is 5.73 Å². The van der Waals surface area contributed by atoms with Crippen LogP contribution in [0, 0.1) is 5.92 Å². The number of rotatable bonds is 3. The monoisotopic (exact) mass is 229 g/mol. The lowest BCUT2D eigenvalue weighted by atomic mass is 9.86. The van der Waals surface area contributed by atoms with Crippen molar-refractivity contribution >= 4 is 23.2 Å². The fraction of sp³-hybridized carbons (Fsp3) is 0.800. The zero-order chi connectivity index (χ0) is 11.1. The van der Waals surface area contributed by atoms with Crippen LogP contribution in [-0.2, 0) is 4.79 Å². The zero-order valence-electron chi connectivity index (χ0n) is 8.92. The van der Waals surface area contributed by atoms with Gasteiger partial charge >= 0.3 is 0 Å². The summed E-state index contributed by atoms with van der Waals surface area (Å²) in [4.78, 5) is 11.3. The predicted octanol–water partition coefficient (Wildman–Crippen LogP) is 1.21. The maximum absolute atomic E-state index is 11.3. The van der Waals surface area contributed by atoms with E-state index in [2.05, 4.69) is 23.1 Å². The van der Waals surface area contributed by atoms with Crippen LogP contribution < -0.4 is 16.6 Å². The molecule has 15 heavy (non-hydrogen) atoms. The standard InChI is InChI=1S/C10H19N3OS/c11-10(15)13-12-9(14)7-6-8-4-2-1-3-5-8/h8H,1-7H2,(H,12,14)(H3,11,13,15). The van der Waals surface area contributed by atoms with Crippen molar-refractivity contribution in [2.75, 3.05) is 0 Å². The Morgan fingerprint density at radius 1 is 1.27 bits per heavy atom. The van der Waals surface area contributed by atoms with E-state index in [0.29, 0.717) is 6.42 Å². The smallest absolute Gasteiger partial charge is 0.238 e. The highest BCUT2D eigenvalue weighted by molar-refractivity contribution is 7.80. The molecule has 0 aromatic heterocycles. The fourth-order valence-corrected chi connectivity index (χ4v) is 2.06. The number of hydrogen-bond acceptors (Lipinski definition) is 2. The van der Waals surface area contributed by atoms with Crippen LogP contribution in [0.2, 0.25) is 0 Å². The van der Waals surface area contributed by atoms with Gasteiger partial charge in [-0.2, -0.15) is 0 Å². The molecule has 0 heterocycles. The van der Waals surface area contributed by atoms with Gasteiger partial charge in [-0.25, -0.2) is 0 Å². The normalized spacial score (nSPS) is 17.1.